The molecule has 6 nitrogen and oxygen atoms in total. The minimum absolute atomic E-state index is 0.337. The van der Waals surface area contributed by atoms with Crippen molar-refractivity contribution in [3.63, 3.8) is 0 Å². The van der Waals surface area contributed by atoms with Gasteiger partial charge in [0.2, 0.25) is 5.13 Å². The number of aryl methyl sites for hydroxylation is 1. The summed E-state index contributed by atoms with van der Waals surface area (Å²) in [5.41, 5.74) is 2.83. The van der Waals surface area contributed by atoms with Crippen LogP contribution < -0.4 is 10.6 Å². The van der Waals surface area contributed by atoms with Gasteiger partial charge in [0.15, 0.2) is 0 Å². The fourth-order valence-electron chi connectivity index (χ4n) is 2.01. The maximum Gasteiger partial charge on any atom is 0.325 e. The largest absolute Gasteiger partial charge is 0.325 e. The number of hydrogen-bond donors (Lipinski definition) is 2. The molecule has 0 spiro atoms. The second kappa shape index (κ2) is 6.97. The number of hydrogen-bond acceptors (Lipinski definition) is 5. The van der Waals surface area contributed by atoms with Crippen molar-refractivity contribution in [3.8, 4) is 10.6 Å². The van der Waals surface area contributed by atoms with E-state index in [2.05, 4.69) is 32.7 Å². The lowest BCUT2D eigenvalue weighted by molar-refractivity contribution is 0.262. The van der Waals surface area contributed by atoms with Crippen LogP contribution in [0.1, 0.15) is 12.5 Å². The van der Waals surface area contributed by atoms with E-state index in [1.54, 1.807) is 12.4 Å². The Bertz CT molecular complexity index is 803. The quantitative estimate of drug-likeness (QED) is 0.764. The average Bonchev–Trinajstić information content (AvgIpc) is 3.04. The molecule has 0 saturated heterocycles. The van der Waals surface area contributed by atoms with Gasteiger partial charge in [-0.25, -0.2) is 4.79 Å². The second-order valence-corrected chi connectivity index (χ2v) is 5.76. The first kappa shape index (κ1) is 15.1. The lowest BCUT2D eigenvalue weighted by atomic mass is 10.1. The molecule has 1 aromatic carbocycles. The highest BCUT2D eigenvalue weighted by molar-refractivity contribution is 7.18. The fourth-order valence-corrected chi connectivity index (χ4v) is 2.76. The van der Waals surface area contributed by atoms with Crippen LogP contribution in [-0.2, 0) is 6.42 Å². The van der Waals surface area contributed by atoms with E-state index in [9.17, 15) is 4.79 Å². The average molecular weight is 325 g/mol. The van der Waals surface area contributed by atoms with Gasteiger partial charge in [-0.05, 0) is 36.2 Å². The molecular weight excluding hydrogens is 310 g/mol. The maximum atomic E-state index is 12.0. The summed E-state index contributed by atoms with van der Waals surface area (Å²) in [5.74, 6) is 0. The van der Waals surface area contributed by atoms with Crippen LogP contribution in [-0.4, -0.2) is 21.2 Å². The molecular formula is C16H15N5OS. The Morgan fingerprint density at radius 2 is 1.96 bits per heavy atom. The third kappa shape index (κ3) is 3.89. The number of carbonyl (C=O) groups is 1. The molecule has 0 aliphatic rings. The Balaban J connectivity index is 1.65. The van der Waals surface area contributed by atoms with E-state index < -0.39 is 0 Å². The molecule has 0 aliphatic carbocycles. The predicted molar refractivity (Wildman–Crippen MR) is 91.6 cm³/mol. The zero-order valence-electron chi connectivity index (χ0n) is 12.5. The molecule has 0 atom stereocenters. The molecule has 3 aromatic rings. The van der Waals surface area contributed by atoms with Crippen molar-refractivity contribution in [1.82, 2.24) is 15.2 Å². The third-order valence-electron chi connectivity index (χ3n) is 3.17. The zero-order chi connectivity index (χ0) is 16.1. The Kier molecular flexibility index (Phi) is 4.58. The van der Waals surface area contributed by atoms with Crippen molar-refractivity contribution in [2.75, 3.05) is 10.6 Å². The van der Waals surface area contributed by atoms with Gasteiger partial charge in [0.05, 0.1) is 0 Å². The lowest BCUT2D eigenvalue weighted by Crippen LogP contribution is -2.19. The van der Waals surface area contributed by atoms with Crippen LogP contribution in [0.2, 0.25) is 0 Å². The number of nitrogens with zero attached hydrogens (tertiary/aromatic N) is 3. The Labute approximate surface area is 137 Å². The number of pyridine rings is 1. The molecule has 0 saturated carbocycles. The van der Waals surface area contributed by atoms with Gasteiger partial charge in [-0.2, -0.15) is 0 Å². The van der Waals surface area contributed by atoms with Gasteiger partial charge in [0, 0.05) is 23.6 Å². The highest BCUT2D eigenvalue weighted by atomic mass is 32.1. The van der Waals surface area contributed by atoms with E-state index in [-0.39, 0.29) is 6.03 Å². The number of aromatic nitrogens is 3. The van der Waals surface area contributed by atoms with E-state index in [4.69, 9.17) is 0 Å². The summed E-state index contributed by atoms with van der Waals surface area (Å²) in [7, 11) is 0. The molecule has 0 aliphatic heterocycles. The number of anilines is 2. The van der Waals surface area contributed by atoms with Gasteiger partial charge in [0.25, 0.3) is 0 Å². The monoisotopic (exact) mass is 325 g/mol. The van der Waals surface area contributed by atoms with Crippen LogP contribution in [0, 0.1) is 0 Å². The molecule has 2 heterocycles. The van der Waals surface area contributed by atoms with Gasteiger partial charge in [-0.3, -0.25) is 10.3 Å². The van der Waals surface area contributed by atoms with Crippen LogP contribution in [0.5, 0.6) is 0 Å². The summed E-state index contributed by atoms with van der Waals surface area (Å²) in [5, 5.41) is 14.7. The van der Waals surface area contributed by atoms with Gasteiger partial charge < -0.3 is 5.32 Å². The number of amides is 2. The molecule has 23 heavy (non-hydrogen) atoms. The third-order valence-corrected chi connectivity index (χ3v) is 4.05. The van der Waals surface area contributed by atoms with E-state index in [0.29, 0.717) is 5.13 Å². The van der Waals surface area contributed by atoms with E-state index in [1.165, 1.54) is 16.9 Å². The highest BCUT2D eigenvalue weighted by Crippen LogP contribution is 2.25. The van der Waals surface area contributed by atoms with Gasteiger partial charge in [-0.1, -0.05) is 30.4 Å². The molecule has 0 radical (unpaired) electrons. The minimum atomic E-state index is -0.337. The van der Waals surface area contributed by atoms with Crippen LogP contribution in [0.25, 0.3) is 10.6 Å². The Morgan fingerprint density at radius 1 is 1.13 bits per heavy atom. The molecule has 2 aromatic heterocycles. The van der Waals surface area contributed by atoms with Crippen molar-refractivity contribution < 1.29 is 4.79 Å². The van der Waals surface area contributed by atoms with Crippen molar-refractivity contribution in [2.45, 2.75) is 13.3 Å². The summed E-state index contributed by atoms with van der Waals surface area (Å²) < 4.78 is 0. The normalized spacial score (nSPS) is 10.3. The molecule has 7 heteroatoms. The summed E-state index contributed by atoms with van der Waals surface area (Å²) in [6.45, 7) is 2.07. The molecule has 0 fully saturated rings. The molecule has 2 N–H and O–H groups in total. The maximum absolute atomic E-state index is 12.0. The number of benzene rings is 1. The molecule has 116 valence electrons. The smallest absolute Gasteiger partial charge is 0.308 e. The number of urea groups is 1. The summed E-state index contributed by atoms with van der Waals surface area (Å²) in [6.07, 6.45) is 4.30. The second-order valence-electron chi connectivity index (χ2n) is 4.78. The molecule has 2 amide bonds. The number of nitrogens with one attached hydrogen (secondary N) is 2. The van der Waals surface area contributed by atoms with Crippen LogP contribution in [0.3, 0.4) is 0 Å². The molecule has 0 bridgehead atoms. The first-order chi connectivity index (χ1) is 11.2. The fraction of sp³-hybridized carbons (Fsp3) is 0.125. The predicted octanol–water partition coefficient (Wildman–Crippen LogP) is 3.81. The number of carbonyl (C=O) groups excluding carboxylic acids is 1. The Morgan fingerprint density at radius 3 is 2.74 bits per heavy atom. The van der Waals surface area contributed by atoms with Gasteiger partial charge in [-0.15, -0.1) is 10.2 Å². The topological polar surface area (TPSA) is 79.8 Å². The SMILES string of the molecule is CCc1cccc(NC(=O)Nc2nnc(-c3ccncc3)s2)c1. The van der Waals surface area contributed by atoms with Crippen molar-refractivity contribution in [1.29, 1.82) is 0 Å². The standard InChI is InChI=1S/C16H15N5OS/c1-2-11-4-3-5-13(10-11)18-15(22)19-16-21-20-14(23-16)12-6-8-17-9-7-12/h3-10H,2H2,1H3,(H2,18,19,21,22). The van der Waals surface area contributed by atoms with Crippen molar-refractivity contribution in [2.24, 2.45) is 0 Å². The summed E-state index contributed by atoms with van der Waals surface area (Å²) in [4.78, 5) is 16.0. The van der Waals surface area contributed by atoms with Crippen LogP contribution in [0.4, 0.5) is 15.6 Å². The van der Waals surface area contributed by atoms with E-state index >= 15 is 0 Å². The van der Waals surface area contributed by atoms with Crippen LogP contribution in [0.15, 0.2) is 48.8 Å². The van der Waals surface area contributed by atoms with Crippen molar-refractivity contribution >= 4 is 28.2 Å². The summed E-state index contributed by atoms with van der Waals surface area (Å²) >= 11 is 1.31. The molecule has 0 unspecified atom stereocenters. The van der Waals surface area contributed by atoms with Crippen LogP contribution >= 0.6 is 11.3 Å². The summed E-state index contributed by atoms with van der Waals surface area (Å²) in [6, 6.07) is 11.1. The Hall–Kier alpha value is -2.80. The molecule has 3 rings (SSSR count). The minimum Gasteiger partial charge on any atom is -0.308 e. The zero-order valence-corrected chi connectivity index (χ0v) is 13.3. The van der Waals surface area contributed by atoms with E-state index in [1.807, 2.05) is 36.4 Å². The highest BCUT2D eigenvalue weighted by Gasteiger charge is 2.09. The van der Waals surface area contributed by atoms with Crippen molar-refractivity contribution in [3.05, 3.63) is 54.4 Å². The lowest BCUT2D eigenvalue weighted by Gasteiger charge is -2.06. The van der Waals surface area contributed by atoms with E-state index in [0.717, 1.165) is 22.7 Å². The first-order valence-electron chi connectivity index (χ1n) is 7.15. The first-order valence-corrected chi connectivity index (χ1v) is 7.97. The van der Waals surface area contributed by atoms with Gasteiger partial charge >= 0.3 is 6.03 Å². The number of rotatable bonds is 4. The van der Waals surface area contributed by atoms with Gasteiger partial charge in [0.1, 0.15) is 5.01 Å².